The second kappa shape index (κ2) is 4.45. The molecule has 0 fully saturated rings. The predicted octanol–water partition coefficient (Wildman–Crippen LogP) is 1.70. The summed E-state index contributed by atoms with van der Waals surface area (Å²) in [5, 5.41) is 18.7. The number of aliphatic hydroxyl groups excluding tert-OH is 1. The highest BCUT2D eigenvalue weighted by atomic mass is 16.4. The molecule has 0 spiro atoms. The first-order chi connectivity index (χ1) is 6.94. The van der Waals surface area contributed by atoms with Crippen LogP contribution in [0.1, 0.15) is 19.4 Å². The largest absolute Gasteiger partial charge is 0.481 e. The molecule has 0 aliphatic heterocycles. The van der Waals surface area contributed by atoms with E-state index in [9.17, 15) is 9.90 Å². The molecule has 0 saturated carbocycles. The molecule has 0 aliphatic carbocycles. The normalized spacial score (nSPS) is 13.5. The maximum atomic E-state index is 10.9. The number of carboxylic acid groups (broad SMARTS) is 1. The summed E-state index contributed by atoms with van der Waals surface area (Å²) in [6.07, 6.45) is -0.516. The lowest BCUT2D eigenvalue weighted by Crippen LogP contribution is -2.38. The van der Waals surface area contributed by atoms with Crippen molar-refractivity contribution in [2.24, 2.45) is 5.41 Å². The van der Waals surface area contributed by atoms with Gasteiger partial charge in [0.15, 0.2) is 0 Å². The molecule has 0 saturated heterocycles. The average molecular weight is 208 g/mol. The third-order valence-electron chi connectivity index (χ3n) is 2.66. The number of aliphatic carboxylic acids is 1. The van der Waals surface area contributed by atoms with Gasteiger partial charge in [0.2, 0.25) is 0 Å². The monoisotopic (exact) mass is 208 g/mol. The molecule has 0 radical (unpaired) electrons. The van der Waals surface area contributed by atoms with Gasteiger partial charge >= 0.3 is 5.97 Å². The van der Waals surface area contributed by atoms with E-state index in [4.69, 9.17) is 5.11 Å². The van der Waals surface area contributed by atoms with Crippen LogP contribution in [0.3, 0.4) is 0 Å². The number of rotatable bonds is 4. The van der Waals surface area contributed by atoms with E-state index in [0.717, 1.165) is 5.56 Å². The van der Waals surface area contributed by atoms with Gasteiger partial charge in [-0.3, -0.25) is 4.79 Å². The molecule has 0 aromatic heterocycles. The summed E-state index contributed by atoms with van der Waals surface area (Å²) in [6.45, 7) is 3.06. The fourth-order valence-corrected chi connectivity index (χ4v) is 1.24. The van der Waals surface area contributed by atoms with Gasteiger partial charge in [-0.1, -0.05) is 30.3 Å². The lowest BCUT2D eigenvalue weighted by molar-refractivity contribution is -0.153. The van der Waals surface area contributed by atoms with Crippen molar-refractivity contribution in [3.8, 4) is 0 Å². The van der Waals surface area contributed by atoms with Crippen LogP contribution < -0.4 is 0 Å². The van der Waals surface area contributed by atoms with Crippen LogP contribution in [0.25, 0.3) is 0 Å². The molecule has 1 aromatic rings. The van der Waals surface area contributed by atoms with E-state index < -0.39 is 17.5 Å². The van der Waals surface area contributed by atoms with Crippen molar-refractivity contribution in [1.29, 1.82) is 0 Å². The van der Waals surface area contributed by atoms with Gasteiger partial charge in [-0.05, 0) is 25.8 Å². The lowest BCUT2D eigenvalue weighted by Gasteiger charge is -2.25. The molecule has 0 bridgehead atoms. The quantitative estimate of drug-likeness (QED) is 0.791. The van der Waals surface area contributed by atoms with Gasteiger partial charge in [0.1, 0.15) is 0 Å². The summed E-state index contributed by atoms with van der Waals surface area (Å²) in [5.74, 6) is -0.981. The van der Waals surface area contributed by atoms with Crippen LogP contribution in [-0.4, -0.2) is 22.3 Å². The fraction of sp³-hybridized carbons (Fsp3) is 0.417. The van der Waals surface area contributed by atoms with E-state index in [2.05, 4.69) is 0 Å². The maximum Gasteiger partial charge on any atom is 0.311 e. The number of aliphatic hydroxyl groups is 1. The van der Waals surface area contributed by atoms with E-state index in [-0.39, 0.29) is 0 Å². The molecule has 1 aromatic carbocycles. The Morgan fingerprint density at radius 1 is 1.33 bits per heavy atom. The molecule has 2 N–H and O–H groups in total. The Morgan fingerprint density at radius 3 is 2.33 bits per heavy atom. The van der Waals surface area contributed by atoms with Crippen LogP contribution in [-0.2, 0) is 11.2 Å². The average Bonchev–Trinajstić information content (AvgIpc) is 2.18. The van der Waals surface area contributed by atoms with Crippen molar-refractivity contribution >= 4 is 5.97 Å². The standard InChI is InChI=1S/C12H16O3/c1-12(2,11(14)15)10(13)8-9-6-4-3-5-7-9/h3-7,10,13H,8H2,1-2H3,(H,14,15)/t10-/m0/s1. The third kappa shape index (κ3) is 2.80. The summed E-state index contributed by atoms with van der Waals surface area (Å²) in [6, 6.07) is 9.38. The zero-order valence-corrected chi connectivity index (χ0v) is 8.97. The lowest BCUT2D eigenvalue weighted by atomic mass is 9.83. The number of hydrogen-bond acceptors (Lipinski definition) is 2. The number of benzene rings is 1. The topological polar surface area (TPSA) is 57.5 Å². The molecule has 1 atom stereocenters. The first-order valence-electron chi connectivity index (χ1n) is 4.90. The highest BCUT2D eigenvalue weighted by molar-refractivity contribution is 5.74. The van der Waals surface area contributed by atoms with Crippen LogP contribution in [0, 0.1) is 5.41 Å². The Morgan fingerprint density at radius 2 is 1.87 bits per heavy atom. The summed E-state index contributed by atoms with van der Waals surface area (Å²) in [5.41, 5.74) is -0.171. The third-order valence-corrected chi connectivity index (χ3v) is 2.66. The molecular weight excluding hydrogens is 192 g/mol. The molecule has 82 valence electrons. The Bertz CT molecular complexity index is 330. The first kappa shape index (κ1) is 11.7. The van der Waals surface area contributed by atoms with E-state index in [0.29, 0.717) is 6.42 Å². The van der Waals surface area contributed by atoms with Gasteiger partial charge in [0.05, 0.1) is 11.5 Å². The fourth-order valence-electron chi connectivity index (χ4n) is 1.24. The second-order valence-electron chi connectivity index (χ2n) is 4.23. The van der Waals surface area contributed by atoms with Gasteiger partial charge in [0.25, 0.3) is 0 Å². The predicted molar refractivity (Wildman–Crippen MR) is 57.6 cm³/mol. The van der Waals surface area contributed by atoms with Gasteiger partial charge in [-0.15, -0.1) is 0 Å². The minimum Gasteiger partial charge on any atom is -0.481 e. The molecule has 0 heterocycles. The van der Waals surface area contributed by atoms with Crippen molar-refractivity contribution in [2.45, 2.75) is 26.4 Å². The number of carboxylic acids is 1. The summed E-state index contributed by atoms with van der Waals surface area (Å²) in [7, 11) is 0. The smallest absolute Gasteiger partial charge is 0.311 e. The Kier molecular flexibility index (Phi) is 3.48. The SMILES string of the molecule is CC(C)(C(=O)O)[C@@H](O)Cc1ccccc1. The van der Waals surface area contributed by atoms with Crippen molar-refractivity contribution < 1.29 is 15.0 Å². The van der Waals surface area contributed by atoms with Crippen LogP contribution in [0.5, 0.6) is 0 Å². The minimum absolute atomic E-state index is 0.361. The van der Waals surface area contributed by atoms with E-state index in [1.807, 2.05) is 30.3 Å². The molecule has 0 aliphatic rings. The molecule has 3 heteroatoms. The van der Waals surface area contributed by atoms with E-state index in [1.165, 1.54) is 13.8 Å². The van der Waals surface area contributed by atoms with E-state index in [1.54, 1.807) is 0 Å². The van der Waals surface area contributed by atoms with Gasteiger partial charge in [-0.2, -0.15) is 0 Å². The van der Waals surface area contributed by atoms with Crippen molar-refractivity contribution in [3.63, 3.8) is 0 Å². The Balaban J connectivity index is 2.72. The summed E-state index contributed by atoms with van der Waals surface area (Å²) < 4.78 is 0. The van der Waals surface area contributed by atoms with Gasteiger partial charge in [0, 0.05) is 0 Å². The highest BCUT2D eigenvalue weighted by Gasteiger charge is 2.35. The molecule has 0 unspecified atom stereocenters. The Labute approximate surface area is 89.4 Å². The van der Waals surface area contributed by atoms with E-state index >= 15 is 0 Å². The number of carbonyl (C=O) groups is 1. The van der Waals surface area contributed by atoms with Crippen molar-refractivity contribution in [2.75, 3.05) is 0 Å². The first-order valence-corrected chi connectivity index (χ1v) is 4.90. The molecule has 0 amide bonds. The van der Waals surface area contributed by atoms with Gasteiger partial charge in [-0.25, -0.2) is 0 Å². The zero-order valence-electron chi connectivity index (χ0n) is 8.97. The Hall–Kier alpha value is -1.35. The molecule has 1 rings (SSSR count). The number of hydrogen-bond donors (Lipinski definition) is 2. The second-order valence-corrected chi connectivity index (χ2v) is 4.23. The highest BCUT2D eigenvalue weighted by Crippen LogP contribution is 2.23. The van der Waals surface area contributed by atoms with Crippen LogP contribution in [0.2, 0.25) is 0 Å². The summed E-state index contributed by atoms with van der Waals surface area (Å²) >= 11 is 0. The van der Waals surface area contributed by atoms with Gasteiger partial charge < -0.3 is 10.2 Å². The maximum absolute atomic E-state index is 10.9. The summed E-state index contributed by atoms with van der Waals surface area (Å²) in [4.78, 5) is 10.9. The minimum atomic E-state index is -1.12. The van der Waals surface area contributed by atoms with Crippen molar-refractivity contribution in [3.05, 3.63) is 35.9 Å². The zero-order chi connectivity index (χ0) is 11.5. The molecule has 15 heavy (non-hydrogen) atoms. The van der Waals surface area contributed by atoms with Crippen LogP contribution >= 0.6 is 0 Å². The molecular formula is C12H16O3. The van der Waals surface area contributed by atoms with Crippen molar-refractivity contribution in [1.82, 2.24) is 0 Å². The molecule has 3 nitrogen and oxygen atoms in total. The van der Waals surface area contributed by atoms with Crippen LogP contribution in [0.15, 0.2) is 30.3 Å². The van der Waals surface area contributed by atoms with Crippen LogP contribution in [0.4, 0.5) is 0 Å².